The minimum atomic E-state index is -1.34. The molecule has 0 heterocycles. The fourth-order valence-corrected chi connectivity index (χ4v) is 3.43. The molecule has 0 aliphatic carbocycles. The number of halogens is 1. The first kappa shape index (κ1) is 41.2. The molecule has 0 saturated carbocycles. The molecule has 5 nitrogen and oxygen atoms in total. The molecule has 0 bridgehead atoms. The third kappa shape index (κ3) is 16.9. The van der Waals surface area contributed by atoms with E-state index in [4.69, 9.17) is 24.3 Å². The van der Waals surface area contributed by atoms with Crippen LogP contribution >= 0.6 is 15.9 Å². The topological polar surface area (TPSA) is 68.2 Å². The average Bonchev–Trinajstić information content (AvgIpc) is 3.03. The number of hydrogen-bond donors (Lipinski definition) is 2. The van der Waals surface area contributed by atoms with E-state index in [1.165, 1.54) is 11.1 Å². The molecule has 0 atom stereocenters. The minimum absolute atomic E-state index is 0. The van der Waals surface area contributed by atoms with Crippen molar-refractivity contribution in [3.63, 3.8) is 0 Å². The van der Waals surface area contributed by atoms with Gasteiger partial charge in [-0.25, -0.2) is 0 Å². The summed E-state index contributed by atoms with van der Waals surface area (Å²) in [6, 6.07) is 44.4. The van der Waals surface area contributed by atoms with Gasteiger partial charge in [0.2, 0.25) is 0 Å². The zero-order chi connectivity index (χ0) is 29.0. The number of methoxy groups -OCH3 is 3. The molecule has 0 unspecified atom stereocenters. The van der Waals surface area contributed by atoms with E-state index in [1.54, 1.807) is 45.6 Å². The van der Waals surface area contributed by atoms with Crippen molar-refractivity contribution in [2.75, 3.05) is 21.3 Å². The van der Waals surface area contributed by atoms with E-state index in [2.05, 4.69) is 40.2 Å². The Morgan fingerprint density at radius 3 is 1.14 bits per heavy atom. The quantitative estimate of drug-likeness (QED) is 0.192. The van der Waals surface area contributed by atoms with Gasteiger partial charge >= 0.3 is 7.12 Å². The number of para-hydroxylation sites is 1. The molecule has 8 heteroatoms. The van der Waals surface area contributed by atoms with Crippen molar-refractivity contribution in [3.8, 4) is 28.4 Å². The Bertz CT molecular complexity index is 1310. The lowest BCUT2D eigenvalue weighted by atomic mass is 9.81. The van der Waals surface area contributed by atoms with Crippen LogP contribution in [0, 0.1) is 0 Å². The highest BCUT2D eigenvalue weighted by Crippen LogP contribution is 2.21. The van der Waals surface area contributed by atoms with Gasteiger partial charge in [0.1, 0.15) is 17.2 Å². The van der Waals surface area contributed by atoms with Crippen LogP contribution in [0.1, 0.15) is 14.9 Å². The lowest BCUT2D eigenvalue weighted by Gasteiger charge is -2.02. The van der Waals surface area contributed by atoms with Gasteiger partial charge in [-0.2, -0.15) is 0 Å². The van der Waals surface area contributed by atoms with E-state index in [0.717, 1.165) is 21.7 Å². The molecular weight excluding hydrogens is 602 g/mol. The standard InChI is InChI=1S/C13H12O.C7H7BrO.C7H8O.C6H7BO2.2CH4.B/c1-14-13-9-7-12(8-10-13)11-5-3-2-4-6-11;1-9-7-4-2-6(8)3-5-7;1-8-7-5-3-2-4-6-7;8-7(9)6-4-2-1-3-5-6;;;/h2-10H,1H3;2-5H,1H3;2-6H,1H3;1-5,8-9H;2*1H4;. The van der Waals surface area contributed by atoms with Crippen LogP contribution in [-0.2, 0) is 0 Å². The highest BCUT2D eigenvalue weighted by molar-refractivity contribution is 9.10. The van der Waals surface area contributed by atoms with Crippen LogP contribution in [-0.4, -0.2) is 46.9 Å². The van der Waals surface area contributed by atoms with Crippen LogP contribution < -0.4 is 19.7 Å². The van der Waals surface area contributed by atoms with E-state index in [1.807, 2.05) is 91.0 Å². The molecule has 0 fully saturated rings. The van der Waals surface area contributed by atoms with Gasteiger partial charge in [-0.3, -0.25) is 0 Å². The fourth-order valence-electron chi connectivity index (χ4n) is 3.17. The molecule has 225 valence electrons. The van der Waals surface area contributed by atoms with Crippen molar-refractivity contribution in [3.05, 3.63) is 144 Å². The first-order chi connectivity index (χ1) is 19.5. The molecule has 0 aliphatic heterocycles. The van der Waals surface area contributed by atoms with Gasteiger partial charge in [0.05, 0.1) is 21.3 Å². The summed E-state index contributed by atoms with van der Waals surface area (Å²) in [4.78, 5) is 0. The maximum Gasteiger partial charge on any atom is 0.488 e. The molecule has 43 heavy (non-hydrogen) atoms. The molecular formula is C35H42B2BrO5. The van der Waals surface area contributed by atoms with Crippen molar-refractivity contribution >= 4 is 36.9 Å². The number of benzene rings is 5. The Hall–Kier alpha value is -3.97. The maximum atomic E-state index is 8.58. The van der Waals surface area contributed by atoms with Crippen molar-refractivity contribution < 1.29 is 24.3 Å². The Morgan fingerprint density at radius 1 is 0.465 bits per heavy atom. The smallest absolute Gasteiger partial charge is 0.488 e. The SMILES string of the molecule is C.C.COc1ccc(-c2ccccc2)cc1.COc1ccc(Br)cc1.COc1ccccc1.OB(O)c1ccccc1.[B]. The molecule has 2 N–H and O–H groups in total. The molecule has 0 spiro atoms. The summed E-state index contributed by atoms with van der Waals surface area (Å²) in [6.45, 7) is 0. The maximum absolute atomic E-state index is 8.58. The monoisotopic (exact) mass is 643 g/mol. The van der Waals surface area contributed by atoms with E-state index in [-0.39, 0.29) is 23.3 Å². The molecule has 0 saturated heterocycles. The molecule has 5 aromatic carbocycles. The van der Waals surface area contributed by atoms with Crippen LogP contribution in [0.3, 0.4) is 0 Å². The Labute approximate surface area is 269 Å². The summed E-state index contributed by atoms with van der Waals surface area (Å²) in [5.74, 6) is 2.69. The highest BCUT2D eigenvalue weighted by atomic mass is 79.9. The van der Waals surface area contributed by atoms with E-state index in [0.29, 0.717) is 5.46 Å². The van der Waals surface area contributed by atoms with Gasteiger partial charge in [-0.15, -0.1) is 0 Å². The van der Waals surface area contributed by atoms with Crippen LogP contribution in [0.4, 0.5) is 0 Å². The second-order valence-electron chi connectivity index (χ2n) is 8.05. The largest absolute Gasteiger partial charge is 0.497 e. The molecule has 0 aromatic heterocycles. The zero-order valence-electron chi connectivity index (χ0n) is 23.4. The first-order valence-electron chi connectivity index (χ1n) is 12.5. The van der Waals surface area contributed by atoms with Crippen molar-refractivity contribution in [1.82, 2.24) is 0 Å². The predicted octanol–water partition coefficient (Wildman–Crippen LogP) is 7.77. The lowest BCUT2D eigenvalue weighted by molar-refractivity contribution is 0.414. The van der Waals surface area contributed by atoms with Crippen molar-refractivity contribution in [1.29, 1.82) is 0 Å². The average molecular weight is 644 g/mol. The Morgan fingerprint density at radius 2 is 0.791 bits per heavy atom. The van der Waals surface area contributed by atoms with Crippen LogP contribution in [0.25, 0.3) is 11.1 Å². The van der Waals surface area contributed by atoms with Gasteiger partial charge < -0.3 is 24.3 Å². The highest BCUT2D eigenvalue weighted by Gasteiger charge is 2.07. The Balaban J connectivity index is 0. The number of ether oxygens (including phenoxy) is 3. The number of rotatable bonds is 5. The molecule has 0 aliphatic rings. The summed E-state index contributed by atoms with van der Waals surface area (Å²) in [6.07, 6.45) is 0. The predicted molar refractivity (Wildman–Crippen MR) is 188 cm³/mol. The summed E-state index contributed by atoms with van der Waals surface area (Å²) >= 11 is 3.32. The van der Waals surface area contributed by atoms with Gasteiger partial charge in [0.25, 0.3) is 0 Å². The van der Waals surface area contributed by atoms with Crippen LogP contribution in [0.15, 0.2) is 144 Å². The van der Waals surface area contributed by atoms with Crippen LogP contribution in [0.2, 0.25) is 0 Å². The summed E-state index contributed by atoms with van der Waals surface area (Å²) in [7, 11) is 3.65. The van der Waals surface area contributed by atoms with E-state index in [9.17, 15) is 0 Å². The third-order valence-corrected chi connectivity index (χ3v) is 5.85. The van der Waals surface area contributed by atoms with Crippen molar-refractivity contribution in [2.24, 2.45) is 0 Å². The van der Waals surface area contributed by atoms with Crippen molar-refractivity contribution in [2.45, 2.75) is 14.9 Å². The molecule has 5 aromatic rings. The Kier molecular flexibility index (Phi) is 23.6. The van der Waals surface area contributed by atoms with E-state index >= 15 is 0 Å². The van der Waals surface area contributed by atoms with Crippen LogP contribution in [0.5, 0.6) is 17.2 Å². The number of hydrogen-bond acceptors (Lipinski definition) is 5. The first-order valence-corrected chi connectivity index (χ1v) is 13.2. The summed E-state index contributed by atoms with van der Waals surface area (Å²) < 4.78 is 16.0. The molecule has 5 rings (SSSR count). The van der Waals surface area contributed by atoms with Gasteiger partial charge in [-0.05, 0) is 65.1 Å². The fraction of sp³-hybridized carbons (Fsp3) is 0.143. The zero-order valence-corrected chi connectivity index (χ0v) is 25.0. The summed E-state index contributed by atoms with van der Waals surface area (Å²) in [5.41, 5.74) is 2.97. The second kappa shape index (κ2) is 24.6. The summed E-state index contributed by atoms with van der Waals surface area (Å²) in [5, 5.41) is 17.2. The third-order valence-electron chi connectivity index (χ3n) is 5.32. The van der Waals surface area contributed by atoms with Gasteiger partial charge in [0, 0.05) is 12.9 Å². The second-order valence-corrected chi connectivity index (χ2v) is 8.97. The normalized spacial score (nSPS) is 8.60. The minimum Gasteiger partial charge on any atom is -0.497 e. The molecule has 0 amide bonds. The lowest BCUT2D eigenvalue weighted by Crippen LogP contribution is -2.29. The van der Waals surface area contributed by atoms with Gasteiger partial charge in [-0.1, -0.05) is 122 Å². The van der Waals surface area contributed by atoms with E-state index < -0.39 is 7.12 Å². The van der Waals surface area contributed by atoms with Gasteiger partial charge in [0.15, 0.2) is 0 Å². The molecule has 3 radical (unpaired) electrons.